The number of ether oxygens (including phenoxy) is 6. The number of aliphatic hydroxyl groups excluding tert-OH is 1. The molecule has 7 nitrogen and oxygen atoms in total. The Balaban J connectivity index is 0.754. The summed E-state index contributed by atoms with van der Waals surface area (Å²) in [6.07, 6.45) is -0.779. The molecule has 2 atom stereocenters. The lowest BCUT2D eigenvalue weighted by Gasteiger charge is -2.35. The van der Waals surface area contributed by atoms with Gasteiger partial charge in [-0.25, -0.2) is 0 Å². The van der Waals surface area contributed by atoms with Crippen LogP contribution in [0.25, 0.3) is 66.8 Å². The Kier molecular flexibility index (Phi) is 14.3. The fourth-order valence-electron chi connectivity index (χ4n) is 14.1. The largest absolute Gasteiger partial charge is 0.490 e. The zero-order valence-corrected chi connectivity index (χ0v) is 49.6. The Morgan fingerprint density at radius 2 is 0.544 bits per heavy atom. The Labute approximate surface area is 525 Å². The zero-order valence-electron chi connectivity index (χ0n) is 49.6. The van der Waals surface area contributed by atoms with E-state index >= 15 is 0 Å². The Bertz CT molecular complexity index is 4210. The maximum atomic E-state index is 12.1. The molecular formula is C83H64O7. The van der Waals surface area contributed by atoms with E-state index in [0.29, 0.717) is 37.9 Å². The van der Waals surface area contributed by atoms with Crippen molar-refractivity contribution >= 4 is 0 Å². The second-order valence-corrected chi connectivity index (χ2v) is 23.8. The fourth-order valence-corrected chi connectivity index (χ4v) is 14.1. The van der Waals surface area contributed by atoms with Gasteiger partial charge in [-0.05, 0) is 138 Å². The molecule has 12 aromatic carbocycles. The van der Waals surface area contributed by atoms with Crippen molar-refractivity contribution in [1.29, 1.82) is 0 Å². The van der Waals surface area contributed by atoms with Gasteiger partial charge in [-0.2, -0.15) is 0 Å². The molecule has 1 N–H and O–H groups in total. The van der Waals surface area contributed by atoms with Gasteiger partial charge in [-0.1, -0.05) is 243 Å². The minimum Gasteiger partial charge on any atom is -0.490 e. The molecule has 0 amide bonds. The molecule has 2 aliphatic carbocycles. The van der Waals surface area contributed by atoms with Gasteiger partial charge >= 0.3 is 0 Å². The average molecular weight is 1170 g/mol. The summed E-state index contributed by atoms with van der Waals surface area (Å²) in [5.74, 6) is 2.93. The number of fused-ring (bicyclic) bond motifs is 6. The van der Waals surface area contributed by atoms with E-state index in [1.54, 1.807) is 0 Å². The van der Waals surface area contributed by atoms with E-state index in [9.17, 15) is 5.11 Å². The van der Waals surface area contributed by atoms with E-state index in [1.165, 1.54) is 44.5 Å². The molecule has 438 valence electrons. The summed E-state index contributed by atoms with van der Waals surface area (Å²) >= 11 is 0. The third kappa shape index (κ3) is 9.83. The van der Waals surface area contributed by atoms with Gasteiger partial charge < -0.3 is 33.5 Å². The molecule has 2 fully saturated rings. The highest BCUT2D eigenvalue weighted by atomic mass is 16.6. The van der Waals surface area contributed by atoms with Crippen LogP contribution in [0, 0.1) is 0 Å². The van der Waals surface area contributed by atoms with Gasteiger partial charge in [-0.3, -0.25) is 0 Å². The van der Waals surface area contributed by atoms with Gasteiger partial charge in [0.05, 0.1) is 24.0 Å². The van der Waals surface area contributed by atoms with Crippen molar-refractivity contribution in [3.8, 4) is 89.8 Å². The molecule has 2 saturated heterocycles. The zero-order chi connectivity index (χ0) is 60.0. The molecular weight excluding hydrogens is 1110 g/mol. The van der Waals surface area contributed by atoms with Crippen molar-refractivity contribution in [1.82, 2.24) is 0 Å². The number of benzene rings is 12. The lowest BCUT2D eigenvalue weighted by atomic mass is 9.67. The number of rotatable bonds is 20. The van der Waals surface area contributed by atoms with Gasteiger partial charge in [0.1, 0.15) is 67.7 Å². The van der Waals surface area contributed by atoms with Gasteiger partial charge in [-0.15, -0.1) is 0 Å². The van der Waals surface area contributed by atoms with E-state index in [4.69, 9.17) is 28.4 Å². The van der Waals surface area contributed by atoms with Crippen LogP contribution in [0.2, 0.25) is 0 Å². The Morgan fingerprint density at radius 1 is 0.300 bits per heavy atom. The summed E-state index contributed by atoms with van der Waals surface area (Å²) in [4.78, 5) is 0. The van der Waals surface area contributed by atoms with Gasteiger partial charge in [0.2, 0.25) is 0 Å². The number of epoxide rings is 2. The Hall–Kier alpha value is -10.3. The molecule has 0 saturated carbocycles. The van der Waals surface area contributed by atoms with Crippen LogP contribution in [0.5, 0.6) is 23.0 Å². The highest BCUT2D eigenvalue weighted by molar-refractivity contribution is 5.90. The fraction of sp³-hybridized carbons (Fsp3) is 0.133. The first-order valence-corrected chi connectivity index (χ1v) is 31.1. The molecule has 16 rings (SSSR count). The highest BCUT2D eigenvalue weighted by Crippen LogP contribution is 2.60. The van der Waals surface area contributed by atoms with E-state index in [0.717, 1.165) is 78.3 Å². The first-order chi connectivity index (χ1) is 44.5. The lowest BCUT2D eigenvalue weighted by molar-refractivity contribution is 0.0630. The van der Waals surface area contributed by atoms with Crippen molar-refractivity contribution in [3.63, 3.8) is 0 Å². The molecule has 2 unspecified atom stereocenters. The van der Waals surface area contributed by atoms with Crippen LogP contribution in [-0.2, 0) is 20.3 Å². The standard InChI is InChI=1S/C83H64O7/c84-63(49-87-78-41-37-59(45-70(78)55-21-5-1-6-22-55)82(74-33-17-13-29-66(74)67-30-14-18-34-75(67)82)61-39-43-80(89-53-64-51-85-64)72(47-61)57-25-9-3-10-26-57)50-88-79-42-38-60(46-71(79)56-23-7-2-8-24-56)83(76-35-19-15-31-68(76)69-32-16-20-36-77(69)83)62-40-44-81(90-54-65-52-86-65)73(48-62)58-27-11-4-12-28-58/h1-48,63-65,84H,49-54H2. The van der Waals surface area contributed by atoms with Gasteiger partial charge in [0, 0.05) is 22.3 Å². The van der Waals surface area contributed by atoms with Crippen LogP contribution in [0.15, 0.2) is 291 Å². The van der Waals surface area contributed by atoms with Crippen LogP contribution >= 0.6 is 0 Å². The van der Waals surface area contributed by atoms with Crippen LogP contribution in [-0.4, -0.2) is 63.1 Å². The van der Waals surface area contributed by atoms with Crippen molar-refractivity contribution in [2.75, 3.05) is 39.6 Å². The topological polar surface area (TPSA) is 82.2 Å². The van der Waals surface area contributed by atoms with Gasteiger partial charge in [0.15, 0.2) is 0 Å². The highest BCUT2D eigenvalue weighted by Gasteiger charge is 2.48. The molecule has 2 aliphatic heterocycles. The van der Waals surface area contributed by atoms with Crippen molar-refractivity contribution in [2.45, 2.75) is 29.1 Å². The summed E-state index contributed by atoms with van der Waals surface area (Å²) in [6.45, 7) is 2.38. The lowest BCUT2D eigenvalue weighted by Crippen LogP contribution is -2.29. The summed E-state index contributed by atoms with van der Waals surface area (Å²) < 4.78 is 37.9. The summed E-state index contributed by atoms with van der Waals surface area (Å²) in [5, 5.41) is 12.1. The monoisotopic (exact) mass is 1170 g/mol. The third-order valence-corrected chi connectivity index (χ3v) is 18.4. The van der Waals surface area contributed by atoms with Crippen LogP contribution < -0.4 is 18.9 Å². The second-order valence-electron chi connectivity index (χ2n) is 23.8. The first-order valence-electron chi connectivity index (χ1n) is 31.1. The first kappa shape index (κ1) is 55.1. The summed E-state index contributed by atoms with van der Waals surface area (Å²) in [7, 11) is 0. The minimum absolute atomic E-state index is 0.0175. The quantitative estimate of drug-likeness (QED) is 0.0761. The number of hydrogen-bond donors (Lipinski definition) is 1. The van der Waals surface area contributed by atoms with Gasteiger partial charge in [0.25, 0.3) is 0 Å². The summed E-state index contributed by atoms with van der Waals surface area (Å²) in [5.41, 5.74) is 20.4. The maximum Gasteiger partial charge on any atom is 0.127 e. The molecule has 0 aromatic heterocycles. The van der Waals surface area contributed by atoms with Crippen LogP contribution in [0.3, 0.4) is 0 Å². The average Bonchev–Trinajstić information content (AvgIpc) is 1.52. The van der Waals surface area contributed by atoms with Crippen molar-refractivity contribution in [2.24, 2.45) is 0 Å². The van der Waals surface area contributed by atoms with E-state index in [2.05, 4.69) is 267 Å². The molecule has 7 heteroatoms. The number of hydrogen-bond acceptors (Lipinski definition) is 7. The molecule has 2 heterocycles. The second kappa shape index (κ2) is 23.3. The molecule has 0 radical (unpaired) electrons. The normalized spacial score (nSPS) is 16.2. The minimum atomic E-state index is -0.997. The summed E-state index contributed by atoms with van der Waals surface area (Å²) in [6, 6.07) is 104. The predicted molar refractivity (Wildman–Crippen MR) is 357 cm³/mol. The smallest absolute Gasteiger partial charge is 0.127 e. The van der Waals surface area contributed by atoms with E-state index < -0.39 is 16.9 Å². The molecule has 0 spiro atoms. The van der Waals surface area contributed by atoms with Crippen LogP contribution in [0.4, 0.5) is 0 Å². The Morgan fingerprint density at radius 3 is 0.811 bits per heavy atom. The third-order valence-electron chi connectivity index (χ3n) is 18.4. The van der Waals surface area contributed by atoms with Crippen molar-refractivity contribution in [3.05, 3.63) is 336 Å². The molecule has 12 aromatic rings. The molecule has 90 heavy (non-hydrogen) atoms. The molecule has 0 bridgehead atoms. The van der Waals surface area contributed by atoms with E-state index in [-0.39, 0.29) is 25.4 Å². The predicted octanol–water partition coefficient (Wildman–Crippen LogP) is 17.5. The number of aliphatic hydroxyl groups is 1. The molecule has 4 aliphatic rings. The maximum absolute atomic E-state index is 12.1. The van der Waals surface area contributed by atoms with Crippen molar-refractivity contribution < 1.29 is 33.5 Å². The SMILES string of the molecule is OC(COc1ccc(C2(c3ccc(OCC4CO4)c(-c4ccccc4)c3)c3ccccc3-c3ccccc32)cc1-c1ccccc1)COc1ccc(C2(c3ccc(OCC4CO4)c(-c4ccccc4)c3)c3ccccc3-c3ccccc32)cc1-c1ccccc1. The van der Waals surface area contributed by atoms with E-state index in [1.807, 2.05) is 24.3 Å². The van der Waals surface area contributed by atoms with Crippen LogP contribution in [0.1, 0.15) is 44.5 Å².